The summed E-state index contributed by atoms with van der Waals surface area (Å²) < 4.78 is 2.13. The van der Waals surface area contributed by atoms with Crippen LogP contribution < -0.4 is 5.73 Å². The van der Waals surface area contributed by atoms with E-state index in [9.17, 15) is 0 Å². The topological polar surface area (TPSA) is 43.8 Å². The van der Waals surface area contributed by atoms with Gasteiger partial charge in [0.25, 0.3) is 0 Å². The monoisotopic (exact) mass is 203 g/mol. The molecular formula is C12H17N3. The number of nitrogens with zero attached hydrogens (tertiary/aromatic N) is 2. The Kier molecular flexibility index (Phi) is 2.49. The summed E-state index contributed by atoms with van der Waals surface area (Å²) in [6.07, 6.45) is 0. The first-order chi connectivity index (χ1) is 7.13. The van der Waals surface area contributed by atoms with Crippen LogP contribution in [0.3, 0.4) is 0 Å². The molecule has 0 aliphatic rings. The molecule has 15 heavy (non-hydrogen) atoms. The number of aromatic nitrogens is 2. The van der Waals surface area contributed by atoms with Crippen LogP contribution in [0.2, 0.25) is 0 Å². The number of hydrogen-bond acceptors (Lipinski definition) is 2. The van der Waals surface area contributed by atoms with Crippen LogP contribution in [0.15, 0.2) is 18.2 Å². The standard InChI is InChI=1S/C12H17N3/c1-8-4-5-11-10(6-8)14-12(15(11)3)9(2)7-13/h4-6,9H,7,13H2,1-3H3. The van der Waals surface area contributed by atoms with Crippen LogP contribution in [-0.2, 0) is 7.05 Å². The number of aryl methyl sites for hydroxylation is 2. The van der Waals surface area contributed by atoms with Crippen molar-refractivity contribution in [3.05, 3.63) is 29.6 Å². The van der Waals surface area contributed by atoms with Gasteiger partial charge in [-0.1, -0.05) is 13.0 Å². The molecule has 0 radical (unpaired) electrons. The first kappa shape index (κ1) is 10.2. The number of hydrogen-bond donors (Lipinski definition) is 1. The van der Waals surface area contributed by atoms with Gasteiger partial charge >= 0.3 is 0 Å². The van der Waals surface area contributed by atoms with Gasteiger partial charge in [-0.05, 0) is 24.6 Å². The Labute approximate surface area is 89.9 Å². The molecule has 1 heterocycles. The van der Waals surface area contributed by atoms with Crippen molar-refractivity contribution in [2.24, 2.45) is 12.8 Å². The molecule has 0 spiro atoms. The highest BCUT2D eigenvalue weighted by Crippen LogP contribution is 2.20. The summed E-state index contributed by atoms with van der Waals surface area (Å²) in [7, 11) is 2.05. The second-order valence-corrected chi connectivity index (χ2v) is 4.16. The number of fused-ring (bicyclic) bond motifs is 1. The molecule has 1 atom stereocenters. The Morgan fingerprint density at radius 2 is 2.20 bits per heavy atom. The van der Waals surface area contributed by atoms with Crippen LogP contribution in [0.5, 0.6) is 0 Å². The van der Waals surface area contributed by atoms with Crippen LogP contribution in [0.1, 0.15) is 24.2 Å². The average molecular weight is 203 g/mol. The predicted molar refractivity (Wildman–Crippen MR) is 62.9 cm³/mol. The minimum absolute atomic E-state index is 0.308. The fourth-order valence-corrected chi connectivity index (χ4v) is 1.87. The fraction of sp³-hybridized carbons (Fsp3) is 0.417. The minimum atomic E-state index is 0.308. The summed E-state index contributed by atoms with van der Waals surface area (Å²) in [4.78, 5) is 4.63. The highest BCUT2D eigenvalue weighted by Gasteiger charge is 2.12. The van der Waals surface area contributed by atoms with Gasteiger partial charge in [0, 0.05) is 19.5 Å². The van der Waals surface area contributed by atoms with Gasteiger partial charge in [0.2, 0.25) is 0 Å². The summed E-state index contributed by atoms with van der Waals surface area (Å²) in [5, 5.41) is 0. The van der Waals surface area contributed by atoms with Crippen LogP contribution in [0.25, 0.3) is 11.0 Å². The highest BCUT2D eigenvalue weighted by atomic mass is 15.1. The zero-order valence-electron chi connectivity index (χ0n) is 9.49. The molecule has 0 aliphatic carbocycles. The van der Waals surface area contributed by atoms with E-state index in [4.69, 9.17) is 5.73 Å². The normalized spacial score (nSPS) is 13.3. The molecule has 0 saturated carbocycles. The molecule has 80 valence electrons. The Balaban J connectivity index is 2.63. The maximum atomic E-state index is 5.67. The second kappa shape index (κ2) is 3.66. The summed E-state index contributed by atoms with van der Waals surface area (Å²) in [6.45, 7) is 4.82. The van der Waals surface area contributed by atoms with E-state index in [0.29, 0.717) is 12.5 Å². The van der Waals surface area contributed by atoms with Gasteiger partial charge in [-0.25, -0.2) is 4.98 Å². The number of benzene rings is 1. The minimum Gasteiger partial charge on any atom is -0.331 e. The van der Waals surface area contributed by atoms with E-state index >= 15 is 0 Å². The van der Waals surface area contributed by atoms with Crippen molar-refractivity contribution in [1.29, 1.82) is 0 Å². The zero-order valence-corrected chi connectivity index (χ0v) is 9.49. The Morgan fingerprint density at radius 3 is 2.87 bits per heavy atom. The van der Waals surface area contributed by atoms with Crippen LogP contribution in [-0.4, -0.2) is 16.1 Å². The molecular weight excluding hydrogens is 186 g/mol. The second-order valence-electron chi connectivity index (χ2n) is 4.16. The third-order valence-corrected chi connectivity index (χ3v) is 2.87. The molecule has 0 amide bonds. The van der Waals surface area contributed by atoms with E-state index in [0.717, 1.165) is 11.3 Å². The van der Waals surface area contributed by atoms with Gasteiger partial charge in [0.1, 0.15) is 5.82 Å². The summed E-state index contributed by atoms with van der Waals surface area (Å²) >= 11 is 0. The molecule has 2 N–H and O–H groups in total. The van der Waals surface area contributed by atoms with Crippen LogP contribution in [0, 0.1) is 6.92 Å². The average Bonchev–Trinajstić information content (AvgIpc) is 2.54. The molecule has 1 aromatic carbocycles. The maximum absolute atomic E-state index is 5.67. The molecule has 3 heteroatoms. The lowest BCUT2D eigenvalue weighted by atomic mass is 10.2. The molecule has 0 aliphatic heterocycles. The van der Waals surface area contributed by atoms with Crippen molar-refractivity contribution >= 4 is 11.0 Å². The van der Waals surface area contributed by atoms with Gasteiger partial charge in [-0.15, -0.1) is 0 Å². The van der Waals surface area contributed by atoms with Gasteiger partial charge in [0.15, 0.2) is 0 Å². The molecule has 1 unspecified atom stereocenters. The van der Waals surface area contributed by atoms with E-state index in [-0.39, 0.29) is 0 Å². The SMILES string of the molecule is Cc1ccc2c(c1)nc(C(C)CN)n2C. The Hall–Kier alpha value is -1.35. The largest absolute Gasteiger partial charge is 0.331 e. The molecule has 2 aromatic rings. The Bertz CT molecular complexity index is 485. The lowest BCUT2D eigenvalue weighted by molar-refractivity contribution is 0.676. The molecule has 3 nitrogen and oxygen atoms in total. The number of nitrogens with two attached hydrogens (primary N) is 1. The van der Waals surface area contributed by atoms with Crippen molar-refractivity contribution in [2.75, 3.05) is 6.54 Å². The van der Waals surface area contributed by atoms with Gasteiger partial charge in [-0.2, -0.15) is 0 Å². The van der Waals surface area contributed by atoms with E-state index in [1.165, 1.54) is 11.1 Å². The van der Waals surface area contributed by atoms with Crippen molar-refractivity contribution < 1.29 is 0 Å². The molecule has 2 rings (SSSR count). The van der Waals surface area contributed by atoms with E-state index in [1.807, 2.05) is 7.05 Å². The quantitative estimate of drug-likeness (QED) is 0.810. The molecule has 1 aromatic heterocycles. The van der Waals surface area contributed by atoms with E-state index in [1.54, 1.807) is 0 Å². The number of imidazole rings is 1. The van der Waals surface area contributed by atoms with Gasteiger partial charge < -0.3 is 10.3 Å². The summed E-state index contributed by atoms with van der Waals surface area (Å²) in [5.74, 6) is 1.38. The summed E-state index contributed by atoms with van der Waals surface area (Å²) in [6, 6.07) is 6.34. The zero-order chi connectivity index (χ0) is 11.0. The first-order valence-corrected chi connectivity index (χ1v) is 5.26. The molecule has 0 fully saturated rings. The van der Waals surface area contributed by atoms with Crippen LogP contribution in [0.4, 0.5) is 0 Å². The summed E-state index contributed by atoms with van der Waals surface area (Å²) in [5.41, 5.74) is 9.15. The maximum Gasteiger partial charge on any atom is 0.113 e. The van der Waals surface area contributed by atoms with Crippen molar-refractivity contribution in [3.8, 4) is 0 Å². The van der Waals surface area contributed by atoms with E-state index in [2.05, 4.69) is 41.6 Å². The highest BCUT2D eigenvalue weighted by molar-refractivity contribution is 5.76. The molecule has 0 saturated heterocycles. The van der Waals surface area contributed by atoms with Crippen molar-refractivity contribution in [1.82, 2.24) is 9.55 Å². The third kappa shape index (κ3) is 1.63. The third-order valence-electron chi connectivity index (χ3n) is 2.87. The fourth-order valence-electron chi connectivity index (χ4n) is 1.87. The lowest BCUT2D eigenvalue weighted by Crippen LogP contribution is -2.13. The first-order valence-electron chi connectivity index (χ1n) is 5.26. The van der Waals surface area contributed by atoms with Gasteiger partial charge in [0.05, 0.1) is 11.0 Å². The van der Waals surface area contributed by atoms with Gasteiger partial charge in [-0.3, -0.25) is 0 Å². The molecule has 0 bridgehead atoms. The van der Waals surface area contributed by atoms with Crippen molar-refractivity contribution in [2.45, 2.75) is 19.8 Å². The smallest absolute Gasteiger partial charge is 0.113 e. The van der Waals surface area contributed by atoms with Crippen LogP contribution >= 0.6 is 0 Å². The van der Waals surface area contributed by atoms with Crippen molar-refractivity contribution in [3.63, 3.8) is 0 Å². The Morgan fingerprint density at radius 1 is 1.47 bits per heavy atom. The van der Waals surface area contributed by atoms with E-state index < -0.39 is 0 Å². The lowest BCUT2D eigenvalue weighted by Gasteiger charge is -2.07. The predicted octanol–water partition coefficient (Wildman–Crippen LogP) is 1.94. The number of rotatable bonds is 2.